The zero-order chi connectivity index (χ0) is 19.3. The zero-order valence-corrected chi connectivity index (χ0v) is 14.7. The minimum Gasteiger partial charge on any atom is -0.309 e. The molecule has 0 unspecified atom stereocenters. The second-order valence-corrected chi connectivity index (χ2v) is 7.47. The molecule has 1 heterocycles. The number of benzene rings is 1. The SMILES string of the molecule is Cn1nc(NC(=O)C2CC(F)(F)C2)c(C2CCC2)c1-c1cc(F)cc(F)c1. The summed E-state index contributed by atoms with van der Waals surface area (Å²) in [7, 11) is 1.63. The number of carbonyl (C=O) groups excluding carboxylic acids is 1. The van der Waals surface area contributed by atoms with Gasteiger partial charge in [-0.3, -0.25) is 9.48 Å². The summed E-state index contributed by atoms with van der Waals surface area (Å²) in [6.45, 7) is 0. The van der Waals surface area contributed by atoms with E-state index < -0.39 is 42.2 Å². The second-order valence-electron chi connectivity index (χ2n) is 7.47. The van der Waals surface area contributed by atoms with E-state index in [2.05, 4.69) is 10.4 Å². The van der Waals surface area contributed by atoms with Gasteiger partial charge < -0.3 is 5.32 Å². The van der Waals surface area contributed by atoms with Gasteiger partial charge >= 0.3 is 0 Å². The van der Waals surface area contributed by atoms with E-state index in [1.54, 1.807) is 7.05 Å². The van der Waals surface area contributed by atoms with Crippen LogP contribution in [0.3, 0.4) is 0 Å². The summed E-state index contributed by atoms with van der Waals surface area (Å²) in [6, 6.07) is 3.24. The highest BCUT2D eigenvalue weighted by molar-refractivity contribution is 5.94. The molecule has 2 saturated carbocycles. The first kappa shape index (κ1) is 18.0. The molecule has 8 heteroatoms. The van der Waals surface area contributed by atoms with Crippen molar-refractivity contribution in [2.24, 2.45) is 13.0 Å². The maximum Gasteiger partial charge on any atom is 0.249 e. The molecular weight excluding hydrogens is 362 g/mol. The lowest BCUT2D eigenvalue weighted by atomic mass is 9.78. The molecule has 1 aromatic heterocycles. The normalized spacial score (nSPS) is 19.4. The highest BCUT2D eigenvalue weighted by Gasteiger charge is 2.49. The van der Waals surface area contributed by atoms with Crippen LogP contribution in [-0.4, -0.2) is 21.6 Å². The number of hydrogen-bond acceptors (Lipinski definition) is 2. The molecule has 27 heavy (non-hydrogen) atoms. The van der Waals surface area contributed by atoms with Gasteiger partial charge in [-0.05, 0) is 30.9 Å². The molecule has 2 aliphatic carbocycles. The van der Waals surface area contributed by atoms with Crippen molar-refractivity contribution in [2.45, 2.75) is 43.9 Å². The Balaban J connectivity index is 1.69. The average Bonchev–Trinajstić information content (AvgIpc) is 2.78. The van der Waals surface area contributed by atoms with Gasteiger partial charge in [0, 0.05) is 43.0 Å². The van der Waals surface area contributed by atoms with Gasteiger partial charge in [0.15, 0.2) is 5.82 Å². The smallest absolute Gasteiger partial charge is 0.249 e. The molecule has 1 amide bonds. The molecule has 1 N–H and O–H groups in total. The Morgan fingerprint density at radius 3 is 2.33 bits per heavy atom. The number of nitrogens with zero attached hydrogens (tertiary/aromatic N) is 2. The van der Waals surface area contributed by atoms with Crippen molar-refractivity contribution in [1.29, 1.82) is 0 Å². The average molecular weight is 381 g/mol. The number of carbonyl (C=O) groups is 1. The van der Waals surface area contributed by atoms with Crippen LogP contribution in [0.2, 0.25) is 0 Å². The van der Waals surface area contributed by atoms with E-state index in [9.17, 15) is 22.4 Å². The summed E-state index contributed by atoms with van der Waals surface area (Å²) < 4.78 is 55.0. The lowest BCUT2D eigenvalue weighted by Crippen LogP contribution is -2.42. The third-order valence-electron chi connectivity index (χ3n) is 5.44. The van der Waals surface area contributed by atoms with Crippen molar-refractivity contribution in [3.63, 3.8) is 0 Å². The zero-order valence-electron chi connectivity index (χ0n) is 14.7. The fourth-order valence-corrected chi connectivity index (χ4v) is 3.81. The summed E-state index contributed by atoms with van der Waals surface area (Å²) in [5, 5.41) is 6.99. The van der Waals surface area contributed by atoms with Crippen molar-refractivity contribution >= 4 is 11.7 Å². The van der Waals surface area contributed by atoms with Gasteiger partial charge in [0.05, 0.1) is 5.69 Å². The molecular formula is C19H19F4N3O. The Bertz CT molecular complexity index is 876. The van der Waals surface area contributed by atoms with Crippen LogP contribution < -0.4 is 5.32 Å². The molecule has 4 nitrogen and oxygen atoms in total. The maximum absolute atomic E-state index is 13.7. The van der Waals surface area contributed by atoms with Crippen LogP contribution in [0.5, 0.6) is 0 Å². The van der Waals surface area contributed by atoms with Crippen LogP contribution >= 0.6 is 0 Å². The van der Waals surface area contributed by atoms with E-state index in [0.717, 1.165) is 25.3 Å². The Morgan fingerprint density at radius 2 is 1.81 bits per heavy atom. The van der Waals surface area contributed by atoms with Crippen LogP contribution in [0, 0.1) is 17.6 Å². The molecule has 2 aromatic rings. The largest absolute Gasteiger partial charge is 0.309 e. The summed E-state index contributed by atoms with van der Waals surface area (Å²) in [5.41, 5.74) is 1.58. The predicted molar refractivity (Wildman–Crippen MR) is 91.5 cm³/mol. The van der Waals surface area contributed by atoms with Crippen molar-refractivity contribution in [1.82, 2.24) is 9.78 Å². The molecule has 2 fully saturated rings. The number of halogens is 4. The first-order chi connectivity index (χ1) is 12.7. The minimum atomic E-state index is -2.78. The number of alkyl halides is 2. The highest BCUT2D eigenvalue weighted by atomic mass is 19.3. The van der Waals surface area contributed by atoms with E-state index >= 15 is 0 Å². The van der Waals surface area contributed by atoms with Crippen LogP contribution in [0.25, 0.3) is 11.3 Å². The fourth-order valence-electron chi connectivity index (χ4n) is 3.81. The van der Waals surface area contributed by atoms with Crippen LogP contribution in [-0.2, 0) is 11.8 Å². The number of anilines is 1. The summed E-state index contributed by atoms with van der Waals surface area (Å²) in [6.07, 6.45) is 1.83. The molecule has 0 atom stereocenters. The molecule has 0 aliphatic heterocycles. The molecule has 4 rings (SSSR count). The first-order valence-corrected chi connectivity index (χ1v) is 8.95. The maximum atomic E-state index is 13.7. The molecule has 0 radical (unpaired) electrons. The van der Waals surface area contributed by atoms with Gasteiger partial charge in [-0.25, -0.2) is 17.6 Å². The number of aryl methyl sites for hydroxylation is 1. The van der Waals surface area contributed by atoms with Crippen molar-refractivity contribution in [3.8, 4) is 11.3 Å². The lowest BCUT2D eigenvalue weighted by Gasteiger charge is -2.33. The number of rotatable bonds is 4. The number of aromatic nitrogens is 2. The highest BCUT2D eigenvalue weighted by Crippen LogP contribution is 2.46. The first-order valence-electron chi connectivity index (χ1n) is 8.95. The van der Waals surface area contributed by atoms with E-state index in [1.807, 2.05) is 0 Å². The van der Waals surface area contributed by atoms with Gasteiger partial charge in [-0.1, -0.05) is 6.42 Å². The lowest BCUT2D eigenvalue weighted by molar-refractivity contribution is -0.145. The molecule has 144 valence electrons. The third-order valence-corrected chi connectivity index (χ3v) is 5.44. The molecule has 2 aliphatic rings. The van der Waals surface area contributed by atoms with Crippen LogP contribution in [0.4, 0.5) is 23.4 Å². The summed E-state index contributed by atoms with van der Waals surface area (Å²) >= 11 is 0. The standard InChI is InChI=1S/C19H19F4N3O/c1-26-16(11-5-13(20)7-14(21)6-11)15(10-3-2-4-10)17(25-26)24-18(27)12-8-19(22,23)9-12/h5-7,10,12H,2-4,8-9H2,1H3,(H,24,25,27). The van der Waals surface area contributed by atoms with Gasteiger partial charge in [0.25, 0.3) is 0 Å². The molecule has 0 saturated heterocycles. The van der Waals surface area contributed by atoms with Crippen LogP contribution in [0.15, 0.2) is 18.2 Å². The molecule has 0 bridgehead atoms. The van der Waals surface area contributed by atoms with Gasteiger partial charge in [-0.2, -0.15) is 5.10 Å². The Kier molecular flexibility index (Phi) is 4.24. The molecule has 1 aromatic carbocycles. The minimum absolute atomic E-state index is 0.109. The number of hydrogen-bond donors (Lipinski definition) is 1. The monoisotopic (exact) mass is 381 g/mol. The van der Waals surface area contributed by atoms with Crippen molar-refractivity contribution in [3.05, 3.63) is 35.4 Å². The van der Waals surface area contributed by atoms with E-state index in [0.29, 0.717) is 22.6 Å². The second kappa shape index (κ2) is 6.35. The summed E-state index contributed by atoms with van der Waals surface area (Å²) in [5.74, 6) is -5.02. The van der Waals surface area contributed by atoms with Crippen LogP contribution in [0.1, 0.15) is 43.6 Å². The Morgan fingerprint density at radius 1 is 1.19 bits per heavy atom. The van der Waals surface area contributed by atoms with E-state index in [-0.39, 0.29) is 5.92 Å². The van der Waals surface area contributed by atoms with Gasteiger partial charge in [0.2, 0.25) is 11.8 Å². The number of amides is 1. The van der Waals surface area contributed by atoms with E-state index in [4.69, 9.17) is 0 Å². The van der Waals surface area contributed by atoms with Crippen molar-refractivity contribution < 1.29 is 22.4 Å². The van der Waals surface area contributed by atoms with Gasteiger partial charge in [0.1, 0.15) is 11.6 Å². The number of nitrogens with one attached hydrogen (secondary N) is 1. The fraction of sp³-hybridized carbons (Fsp3) is 0.474. The topological polar surface area (TPSA) is 46.9 Å². The Hall–Kier alpha value is -2.38. The van der Waals surface area contributed by atoms with E-state index in [1.165, 1.54) is 16.8 Å². The third kappa shape index (κ3) is 3.33. The quantitative estimate of drug-likeness (QED) is 0.786. The molecule has 0 spiro atoms. The Labute approximate surface area is 153 Å². The predicted octanol–water partition coefficient (Wildman–Crippen LogP) is 4.62. The summed E-state index contributed by atoms with van der Waals surface area (Å²) in [4.78, 5) is 12.3. The van der Waals surface area contributed by atoms with Gasteiger partial charge in [-0.15, -0.1) is 0 Å². The van der Waals surface area contributed by atoms with Crippen molar-refractivity contribution in [2.75, 3.05) is 5.32 Å².